The first-order valence-corrected chi connectivity index (χ1v) is 11.5. The lowest BCUT2D eigenvalue weighted by molar-refractivity contribution is -0.113. The lowest BCUT2D eigenvalue weighted by Crippen LogP contribution is -2.14. The van der Waals surface area contributed by atoms with Gasteiger partial charge in [-0.3, -0.25) is 9.20 Å². The Kier molecular flexibility index (Phi) is 4.75. The number of fused-ring (bicyclic) bond motifs is 5. The number of anilines is 1. The molecule has 5 rings (SSSR count). The number of nitrogens with one attached hydrogen (secondary N) is 1. The summed E-state index contributed by atoms with van der Waals surface area (Å²) in [5, 5.41) is 13.6. The van der Waals surface area contributed by atoms with Gasteiger partial charge in [-0.05, 0) is 55.4 Å². The zero-order valence-electron chi connectivity index (χ0n) is 16.3. The van der Waals surface area contributed by atoms with Gasteiger partial charge in [0.15, 0.2) is 10.8 Å². The summed E-state index contributed by atoms with van der Waals surface area (Å²) in [6.45, 7) is 4.31. The first-order chi connectivity index (χ1) is 14.1. The van der Waals surface area contributed by atoms with Crippen LogP contribution >= 0.6 is 23.1 Å². The SMILES string of the molecule is Cc1cccc(NC(=O)CSc2nnc3c4c5c(sc4ncn23)C[C@H](C)CC5)c1. The van der Waals surface area contributed by atoms with Gasteiger partial charge in [-0.1, -0.05) is 30.8 Å². The fourth-order valence-corrected chi connectivity index (χ4v) is 5.92. The van der Waals surface area contributed by atoms with Crippen LogP contribution in [0.25, 0.3) is 15.9 Å². The molecule has 4 aromatic rings. The van der Waals surface area contributed by atoms with E-state index in [0.29, 0.717) is 5.16 Å². The van der Waals surface area contributed by atoms with Gasteiger partial charge in [0, 0.05) is 10.6 Å². The standard InChI is InChI=1S/C21H21N5OS2/c1-12-4-3-5-14(8-12)23-17(27)10-28-21-25-24-19-18-15-7-6-13(2)9-16(15)29-20(18)22-11-26(19)21/h3-5,8,11,13H,6-7,9-10H2,1-2H3,(H,23,27)/t13-/m1/s1. The highest BCUT2D eigenvalue weighted by atomic mass is 32.2. The van der Waals surface area contributed by atoms with Crippen molar-refractivity contribution in [3.8, 4) is 0 Å². The van der Waals surface area contributed by atoms with E-state index in [9.17, 15) is 4.79 Å². The van der Waals surface area contributed by atoms with Gasteiger partial charge in [0.2, 0.25) is 5.91 Å². The number of hydrogen-bond acceptors (Lipinski definition) is 6. The second-order valence-corrected chi connectivity index (χ2v) is 9.69. The molecule has 0 saturated carbocycles. The van der Waals surface area contributed by atoms with E-state index >= 15 is 0 Å². The monoisotopic (exact) mass is 423 g/mol. The Morgan fingerprint density at radius 1 is 1.38 bits per heavy atom. The number of amides is 1. The van der Waals surface area contributed by atoms with Crippen molar-refractivity contribution < 1.29 is 4.79 Å². The largest absolute Gasteiger partial charge is 0.325 e. The van der Waals surface area contributed by atoms with Gasteiger partial charge < -0.3 is 5.32 Å². The third-order valence-electron chi connectivity index (χ3n) is 5.31. The lowest BCUT2D eigenvalue weighted by atomic mass is 9.89. The summed E-state index contributed by atoms with van der Waals surface area (Å²) >= 11 is 3.16. The molecule has 0 saturated heterocycles. The number of thiophene rings is 1. The Hall–Kier alpha value is -2.45. The van der Waals surface area contributed by atoms with Gasteiger partial charge in [-0.2, -0.15) is 0 Å². The van der Waals surface area contributed by atoms with Gasteiger partial charge in [0.05, 0.1) is 11.1 Å². The summed E-state index contributed by atoms with van der Waals surface area (Å²) in [4.78, 5) is 19.5. The number of hydrogen-bond donors (Lipinski definition) is 1. The normalized spacial score (nSPS) is 16.3. The highest BCUT2D eigenvalue weighted by Gasteiger charge is 2.24. The average molecular weight is 424 g/mol. The number of aromatic nitrogens is 4. The van der Waals surface area contributed by atoms with Crippen molar-refractivity contribution >= 4 is 50.6 Å². The topological polar surface area (TPSA) is 72.2 Å². The van der Waals surface area contributed by atoms with Crippen molar-refractivity contribution in [3.05, 3.63) is 46.6 Å². The van der Waals surface area contributed by atoms with E-state index in [4.69, 9.17) is 0 Å². The number of benzene rings is 1. The number of nitrogens with zero attached hydrogens (tertiary/aromatic N) is 4. The first kappa shape index (κ1) is 18.6. The van der Waals surface area contributed by atoms with Gasteiger partial charge in [0.25, 0.3) is 0 Å². The van der Waals surface area contributed by atoms with Crippen LogP contribution < -0.4 is 5.32 Å². The molecule has 1 aromatic carbocycles. The highest BCUT2D eigenvalue weighted by molar-refractivity contribution is 7.99. The predicted octanol–water partition coefficient (Wildman–Crippen LogP) is 4.50. The molecule has 1 amide bonds. The van der Waals surface area contributed by atoms with Crippen molar-refractivity contribution in [1.82, 2.24) is 19.6 Å². The van der Waals surface area contributed by atoms with E-state index in [-0.39, 0.29) is 11.7 Å². The number of aryl methyl sites for hydroxylation is 2. The van der Waals surface area contributed by atoms with Gasteiger partial charge in [-0.15, -0.1) is 21.5 Å². The smallest absolute Gasteiger partial charge is 0.234 e. The Morgan fingerprint density at radius 3 is 3.14 bits per heavy atom. The Balaban J connectivity index is 1.38. The maximum absolute atomic E-state index is 12.3. The zero-order valence-corrected chi connectivity index (χ0v) is 17.9. The average Bonchev–Trinajstić information content (AvgIpc) is 3.26. The molecule has 1 N–H and O–H groups in total. The van der Waals surface area contributed by atoms with Crippen LogP contribution in [0.15, 0.2) is 35.7 Å². The molecule has 0 fully saturated rings. The van der Waals surface area contributed by atoms with Gasteiger partial charge >= 0.3 is 0 Å². The molecule has 3 heterocycles. The summed E-state index contributed by atoms with van der Waals surface area (Å²) in [5.41, 5.74) is 4.16. The molecule has 8 heteroatoms. The molecular formula is C21H21N5OS2. The van der Waals surface area contributed by atoms with Crippen molar-refractivity contribution in [2.45, 2.75) is 38.3 Å². The van der Waals surface area contributed by atoms with E-state index in [1.165, 1.54) is 28.6 Å². The van der Waals surface area contributed by atoms with Crippen LogP contribution in [0.3, 0.4) is 0 Å². The molecule has 148 valence electrons. The zero-order chi connectivity index (χ0) is 20.0. The molecule has 0 bridgehead atoms. The Labute approximate surface area is 176 Å². The molecule has 0 unspecified atom stereocenters. The number of rotatable bonds is 4. The van der Waals surface area contributed by atoms with Crippen molar-refractivity contribution in [2.75, 3.05) is 11.1 Å². The van der Waals surface area contributed by atoms with Crippen molar-refractivity contribution in [1.29, 1.82) is 0 Å². The minimum absolute atomic E-state index is 0.0618. The molecule has 1 aliphatic rings. The minimum Gasteiger partial charge on any atom is -0.325 e. The molecule has 1 atom stereocenters. The molecule has 0 radical (unpaired) electrons. The molecular weight excluding hydrogens is 402 g/mol. The lowest BCUT2D eigenvalue weighted by Gasteiger charge is -2.17. The first-order valence-electron chi connectivity index (χ1n) is 9.72. The quantitative estimate of drug-likeness (QED) is 0.489. The summed E-state index contributed by atoms with van der Waals surface area (Å²) in [6, 6.07) is 7.78. The van der Waals surface area contributed by atoms with Crippen molar-refractivity contribution in [3.63, 3.8) is 0 Å². The Morgan fingerprint density at radius 2 is 2.28 bits per heavy atom. The second-order valence-electron chi connectivity index (χ2n) is 7.66. The van der Waals surface area contributed by atoms with Crippen LogP contribution in [-0.4, -0.2) is 31.2 Å². The van der Waals surface area contributed by atoms with Crippen LogP contribution in [0.1, 0.15) is 29.3 Å². The van der Waals surface area contributed by atoms with Crippen molar-refractivity contribution in [2.24, 2.45) is 5.92 Å². The fourth-order valence-electron chi connectivity index (χ4n) is 3.87. The van der Waals surface area contributed by atoms with Crippen LogP contribution in [0, 0.1) is 12.8 Å². The van der Waals surface area contributed by atoms with Gasteiger partial charge in [-0.25, -0.2) is 4.98 Å². The van der Waals surface area contributed by atoms with E-state index in [1.807, 2.05) is 35.6 Å². The Bertz CT molecular complexity index is 1230. The maximum Gasteiger partial charge on any atom is 0.234 e. The van der Waals surface area contributed by atoms with E-state index in [2.05, 4.69) is 27.4 Å². The van der Waals surface area contributed by atoms with Gasteiger partial charge in [0.1, 0.15) is 11.2 Å². The molecule has 29 heavy (non-hydrogen) atoms. The van der Waals surface area contributed by atoms with E-state index in [1.54, 1.807) is 17.7 Å². The number of carbonyl (C=O) groups excluding carboxylic acids is 1. The second kappa shape index (κ2) is 7.42. The molecule has 3 aromatic heterocycles. The molecule has 1 aliphatic carbocycles. The van der Waals surface area contributed by atoms with Crippen LogP contribution in [0.4, 0.5) is 5.69 Å². The van der Waals surface area contributed by atoms with Crippen LogP contribution in [0.5, 0.6) is 0 Å². The van der Waals surface area contributed by atoms with Crippen LogP contribution in [-0.2, 0) is 17.6 Å². The van der Waals surface area contributed by atoms with E-state index < -0.39 is 0 Å². The fraction of sp³-hybridized carbons (Fsp3) is 0.333. The van der Waals surface area contributed by atoms with E-state index in [0.717, 1.165) is 45.9 Å². The predicted molar refractivity (Wildman–Crippen MR) is 118 cm³/mol. The summed E-state index contributed by atoms with van der Waals surface area (Å²) in [5.74, 6) is 0.933. The third-order valence-corrected chi connectivity index (χ3v) is 7.41. The summed E-state index contributed by atoms with van der Waals surface area (Å²) in [7, 11) is 0. The highest BCUT2D eigenvalue weighted by Crippen LogP contribution is 2.39. The molecule has 0 aliphatic heterocycles. The minimum atomic E-state index is -0.0618. The molecule has 0 spiro atoms. The number of carbonyl (C=O) groups is 1. The summed E-state index contributed by atoms with van der Waals surface area (Å²) in [6.07, 6.45) is 5.18. The van der Waals surface area contributed by atoms with Crippen LogP contribution in [0.2, 0.25) is 0 Å². The summed E-state index contributed by atoms with van der Waals surface area (Å²) < 4.78 is 1.91. The maximum atomic E-state index is 12.3. The number of thioether (sulfide) groups is 1. The third kappa shape index (κ3) is 3.51. The molecule has 6 nitrogen and oxygen atoms in total.